The van der Waals surface area contributed by atoms with Crippen LogP contribution in [0.15, 0.2) is 23.8 Å². The molecule has 0 saturated heterocycles. The van der Waals surface area contributed by atoms with Gasteiger partial charge in [0.2, 0.25) is 0 Å². The Balaban J connectivity index is 1.24. The molecule has 3 aliphatic rings. The fourth-order valence-corrected chi connectivity index (χ4v) is 6.46. The lowest BCUT2D eigenvalue weighted by atomic mass is 9.71. The van der Waals surface area contributed by atoms with Gasteiger partial charge in [0.1, 0.15) is 0 Å². The second-order valence-corrected chi connectivity index (χ2v) is 10.7. The molecular formula is C28H37F5O. The number of alkyl halides is 2. The minimum atomic E-state index is -3.14. The van der Waals surface area contributed by atoms with Gasteiger partial charge >= 0.3 is 6.11 Å². The van der Waals surface area contributed by atoms with Crippen molar-refractivity contribution in [3.05, 3.63) is 46.8 Å². The molecule has 0 heterocycles. The highest BCUT2D eigenvalue weighted by Crippen LogP contribution is 2.46. The summed E-state index contributed by atoms with van der Waals surface area (Å²) >= 11 is 0. The molecule has 0 aromatic heterocycles. The molecule has 1 aromatic rings. The molecule has 0 bridgehead atoms. The van der Waals surface area contributed by atoms with E-state index in [2.05, 4.69) is 13.0 Å². The minimum absolute atomic E-state index is 0.170. The van der Waals surface area contributed by atoms with E-state index >= 15 is 0 Å². The largest absolute Gasteiger partial charge is 0.358 e. The van der Waals surface area contributed by atoms with Gasteiger partial charge in [0.25, 0.3) is 0 Å². The summed E-state index contributed by atoms with van der Waals surface area (Å²) in [6, 6.07) is 2.04. The molecule has 1 atom stereocenters. The van der Waals surface area contributed by atoms with Gasteiger partial charge in [-0.3, -0.25) is 0 Å². The standard InChI is InChI=1S/C28H37F5O/c1-2-3-18-4-6-19(7-5-18)20-8-12-23(13-9-20)28(32,33)34-24-14-10-21(11-15-24)22-16-25(29)27(31)26(30)17-22/h4,16-17,19-21,23-24H,2-3,5-15H2,1H3. The molecule has 1 unspecified atom stereocenters. The highest BCUT2D eigenvalue weighted by atomic mass is 19.3. The van der Waals surface area contributed by atoms with Gasteiger partial charge in [-0.25, -0.2) is 13.2 Å². The summed E-state index contributed by atoms with van der Waals surface area (Å²) in [5.74, 6) is -3.63. The molecule has 0 amide bonds. The van der Waals surface area contributed by atoms with E-state index in [1.807, 2.05) is 0 Å². The van der Waals surface area contributed by atoms with E-state index in [0.717, 1.165) is 37.8 Å². The lowest BCUT2D eigenvalue weighted by molar-refractivity contribution is -0.301. The number of ether oxygens (including phenoxy) is 1. The predicted molar refractivity (Wildman–Crippen MR) is 123 cm³/mol. The maximum atomic E-state index is 15.0. The fourth-order valence-electron chi connectivity index (χ4n) is 6.46. The number of allylic oxidation sites excluding steroid dienone is 2. The third kappa shape index (κ3) is 6.03. The van der Waals surface area contributed by atoms with Crippen LogP contribution in [0.1, 0.15) is 102 Å². The zero-order valence-electron chi connectivity index (χ0n) is 20.1. The summed E-state index contributed by atoms with van der Waals surface area (Å²) in [5, 5.41) is 0. The Morgan fingerprint density at radius 2 is 1.50 bits per heavy atom. The molecule has 0 aliphatic heterocycles. The smallest absolute Gasteiger partial charge is 0.317 e. The Bertz CT molecular complexity index is 827. The van der Waals surface area contributed by atoms with Crippen LogP contribution in [0.5, 0.6) is 0 Å². The molecule has 1 nitrogen and oxygen atoms in total. The number of rotatable bonds is 7. The quantitative estimate of drug-likeness (QED) is 0.213. The average molecular weight is 485 g/mol. The molecule has 3 aliphatic carbocycles. The van der Waals surface area contributed by atoms with Crippen molar-refractivity contribution in [3.8, 4) is 0 Å². The molecule has 0 N–H and O–H groups in total. The van der Waals surface area contributed by atoms with Crippen molar-refractivity contribution in [2.24, 2.45) is 17.8 Å². The van der Waals surface area contributed by atoms with Gasteiger partial charge in [-0.05, 0) is 112 Å². The van der Waals surface area contributed by atoms with Gasteiger partial charge in [-0.2, -0.15) is 8.78 Å². The second-order valence-electron chi connectivity index (χ2n) is 10.7. The molecule has 34 heavy (non-hydrogen) atoms. The summed E-state index contributed by atoms with van der Waals surface area (Å²) in [4.78, 5) is 0. The highest BCUT2D eigenvalue weighted by Gasteiger charge is 2.45. The third-order valence-corrected chi connectivity index (χ3v) is 8.51. The van der Waals surface area contributed by atoms with Crippen LogP contribution in [0.2, 0.25) is 0 Å². The molecule has 4 rings (SSSR count). The van der Waals surface area contributed by atoms with Crippen LogP contribution in [-0.4, -0.2) is 12.2 Å². The Morgan fingerprint density at radius 1 is 0.853 bits per heavy atom. The molecule has 190 valence electrons. The van der Waals surface area contributed by atoms with E-state index in [1.54, 1.807) is 5.57 Å². The van der Waals surface area contributed by atoms with Crippen molar-refractivity contribution in [1.82, 2.24) is 0 Å². The van der Waals surface area contributed by atoms with Gasteiger partial charge < -0.3 is 4.74 Å². The zero-order valence-corrected chi connectivity index (χ0v) is 20.1. The highest BCUT2D eigenvalue weighted by molar-refractivity contribution is 5.23. The molecular weight excluding hydrogens is 447 g/mol. The Hall–Kier alpha value is -1.43. The molecule has 2 saturated carbocycles. The predicted octanol–water partition coefficient (Wildman–Crippen LogP) is 9.07. The van der Waals surface area contributed by atoms with Gasteiger partial charge in [-0.15, -0.1) is 0 Å². The van der Waals surface area contributed by atoms with Gasteiger partial charge in [0.15, 0.2) is 17.5 Å². The molecule has 2 fully saturated rings. The average Bonchev–Trinajstić information content (AvgIpc) is 2.83. The summed E-state index contributed by atoms with van der Waals surface area (Å²) < 4.78 is 75.7. The van der Waals surface area contributed by atoms with E-state index in [4.69, 9.17) is 4.74 Å². The van der Waals surface area contributed by atoms with Crippen molar-refractivity contribution in [1.29, 1.82) is 0 Å². The Labute approximate surface area is 200 Å². The van der Waals surface area contributed by atoms with Crippen LogP contribution in [0.4, 0.5) is 22.0 Å². The van der Waals surface area contributed by atoms with Crippen LogP contribution >= 0.6 is 0 Å². The second kappa shape index (κ2) is 11.1. The maximum Gasteiger partial charge on any atom is 0.358 e. The maximum absolute atomic E-state index is 15.0. The topological polar surface area (TPSA) is 9.23 Å². The summed E-state index contributed by atoms with van der Waals surface area (Å²) in [5.41, 5.74) is 1.95. The van der Waals surface area contributed by atoms with Crippen molar-refractivity contribution >= 4 is 0 Å². The van der Waals surface area contributed by atoms with Crippen LogP contribution in [0.25, 0.3) is 0 Å². The van der Waals surface area contributed by atoms with E-state index in [0.29, 0.717) is 55.9 Å². The first kappa shape index (κ1) is 25.7. The minimum Gasteiger partial charge on any atom is -0.317 e. The Kier molecular flexibility index (Phi) is 8.37. The van der Waals surface area contributed by atoms with E-state index in [1.165, 1.54) is 19.3 Å². The number of halogens is 5. The first-order valence-corrected chi connectivity index (χ1v) is 13.1. The van der Waals surface area contributed by atoms with Gasteiger partial charge in [0, 0.05) is 0 Å². The van der Waals surface area contributed by atoms with Crippen LogP contribution < -0.4 is 0 Å². The van der Waals surface area contributed by atoms with Gasteiger partial charge in [0.05, 0.1) is 12.0 Å². The lowest BCUT2D eigenvalue weighted by Gasteiger charge is -2.39. The molecule has 6 heteroatoms. The van der Waals surface area contributed by atoms with E-state index in [-0.39, 0.29) is 5.92 Å². The fraction of sp³-hybridized carbons (Fsp3) is 0.714. The first-order chi connectivity index (χ1) is 16.3. The molecule has 1 aromatic carbocycles. The number of hydrogen-bond acceptors (Lipinski definition) is 1. The van der Waals surface area contributed by atoms with Crippen LogP contribution in [0.3, 0.4) is 0 Å². The van der Waals surface area contributed by atoms with E-state index < -0.39 is 35.6 Å². The summed E-state index contributed by atoms with van der Waals surface area (Å²) in [6.07, 6.45) is 9.02. The monoisotopic (exact) mass is 484 g/mol. The van der Waals surface area contributed by atoms with Crippen LogP contribution in [-0.2, 0) is 4.74 Å². The number of hydrogen-bond donors (Lipinski definition) is 0. The van der Waals surface area contributed by atoms with Crippen molar-refractivity contribution in [3.63, 3.8) is 0 Å². The SMILES string of the molecule is CCCC1=CCC(C2CCC(C(F)(F)OC3CCC(c4cc(F)c(F)c(F)c4)CC3)CC2)CC1. The lowest BCUT2D eigenvalue weighted by Crippen LogP contribution is -2.39. The molecule has 0 radical (unpaired) electrons. The third-order valence-electron chi connectivity index (χ3n) is 8.51. The van der Waals surface area contributed by atoms with Crippen LogP contribution in [0, 0.1) is 35.2 Å². The molecule has 0 spiro atoms. The normalized spacial score (nSPS) is 30.8. The van der Waals surface area contributed by atoms with Crippen molar-refractivity contribution < 1.29 is 26.7 Å². The Morgan fingerprint density at radius 3 is 2.06 bits per heavy atom. The number of benzene rings is 1. The summed E-state index contributed by atoms with van der Waals surface area (Å²) in [6.45, 7) is 2.20. The van der Waals surface area contributed by atoms with E-state index in [9.17, 15) is 22.0 Å². The van der Waals surface area contributed by atoms with Crippen molar-refractivity contribution in [2.75, 3.05) is 0 Å². The first-order valence-electron chi connectivity index (χ1n) is 13.1. The van der Waals surface area contributed by atoms with Gasteiger partial charge in [-0.1, -0.05) is 25.0 Å². The van der Waals surface area contributed by atoms with Crippen molar-refractivity contribution in [2.45, 2.75) is 109 Å². The summed E-state index contributed by atoms with van der Waals surface area (Å²) in [7, 11) is 0. The zero-order chi connectivity index (χ0) is 24.3.